The highest BCUT2D eigenvalue weighted by Crippen LogP contribution is 2.13. The summed E-state index contributed by atoms with van der Waals surface area (Å²) in [6, 6.07) is 0. The molecule has 1 heterocycles. The molecular formula is C9H15N3O5. The van der Waals surface area contributed by atoms with E-state index >= 15 is 0 Å². The topological polar surface area (TPSA) is 143 Å². The van der Waals surface area contributed by atoms with Crippen molar-refractivity contribution in [2.75, 3.05) is 6.61 Å². The van der Waals surface area contributed by atoms with Gasteiger partial charge in [-0.1, -0.05) is 0 Å². The molecule has 0 aliphatic heterocycles. The molecule has 0 amide bonds. The molecule has 0 fully saturated rings. The van der Waals surface area contributed by atoms with E-state index in [1.165, 1.54) is 0 Å². The number of aliphatic hydroxyl groups is 2. The van der Waals surface area contributed by atoms with E-state index in [1.54, 1.807) is 6.92 Å². The van der Waals surface area contributed by atoms with Crippen LogP contribution in [0.2, 0.25) is 0 Å². The van der Waals surface area contributed by atoms with Crippen LogP contribution < -0.4 is 5.73 Å². The molecule has 0 saturated heterocycles. The lowest BCUT2D eigenvalue weighted by atomic mass is 9.91. The number of carboxylic acids is 1. The van der Waals surface area contributed by atoms with Crippen molar-refractivity contribution < 1.29 is 24.5 Å². The van der Waals surface area contributed by atoms with E-state index in [1.807, 2.05) is 0 Å². The maximum Gasteiger partial charge on any atom is 0.328 e. The molecule has 2 unspecified atom stereocenters. The van der Waals surface area contributed by atoms with Crippen LogP contribution in [0.5, 0.6) is 0 Å². The van der Waals surface area contributed by atoms with Crippen LogP contribution in [-0.2, 0) is 11.2 Å². The van der Waals surface area contributed by atoms with Crippen LogP contribution in [0.3, 0.4) is 0 Å². The quantitative estimate of drug-likeness (QED) is 0.471. The zero-order valence-corrected chi connectivity index (χ0v) is 9.33. The van der Waals surface area contributed by atoms with E-state index in [0.717, 1.165) is 0 Å². The summed E-state index contributed by atoms with van der Waals surface area (Å²) in [5, 5.41) is 34.6. The molecule has 2 atom stereocenters. The summed E-state index contributed by atoms with van der Waals surface area (Å²) < 4.78 is 5.06. The molecule has 0 aliphatic rings. The van der Waals surface area contributed by atoms with Crippen molar-refractivity contribution in [3.05, 3.63) is 11.8 Å². The second-order valence-corrected chi connectivity index (χ2v) is 3.77. The zero-order chi connectivity index (χ0) is 13.1. The molecule has 8 nitrogen and oxygen atoms in total. The van der Waals surface area contributed by atoms with Gasteiger partial charge in [0.2, 0.25) is 11.8 Å². The highest BCUT2D eigenvalue weighted by Gasteiger charge is 2.41. The lowest BCUT2D eigenvalue weighted by molar-refractivity contribution is -0.150. The number of carbonyl (C=O) groups is 1. The van der Waals surface area contributed by atoms with Gasteiger partial charge in [0.1, 0.15) is 0 Å². The molecule has 0 aromatic carbocycles. The molecule has 0 aliphatic carbocycles. The van der Waals surface area contributed by atoms with E-state index in [2.05, 4.69) is 10.2 Å². The average molecular weight is 245 g/mol. The van der Waals surface area contributed by atoms with Crippen molar-refractivity contribution in [1.82, 2.24) is 10.2 Å². The van der Waals surface area contributed by atoms with E-state index in [9.17, 15) is 9.90 Å². The second kappa shape index (κ2) is 5.21. The fourth-order valence-corrected chi connectivity index (χ4v) is 1.27. The van der Waals surface area contributed by atoms with Gasteiger partial charge in [0, 0.05) is 13.3 Å². The van der Waals surface area contributed by atoms with Gasteiger partial charge in [-0.3, -0.25) is 4.79 Å². The first-order valence-corrected chi connectivity index (χ1v) is 5.00. The Balaban J connectivity index is 2.59. The van der Waals surface area contributed by atoms with Crippen LogP contribution in [-0.4, -0.2) is 49.7 Å². The van der Waals surface area contributed by atoms with Crippen molar-refractivity contribution in [2.45, 2.75) is 31.4 Å². The summed E-state index contributed by atoms with van der Waals surface area (Å²) >= 11 is 0. The minimum atomic E-state index is -2.07. The number of rotatable bonds is 6. The van der Waals surface area contributed by atoms with E-state index in [0.29, 0.717) is 5.89 Å². The molecule has 0 bridgehead atoms. The maximum atomic E-state index is 10.8. The second-order valence-electron chi connectivity index (χ2n) is 3.77. The van der Waals surface area contributed by atoms with Crippen molar-refractivity contribution in [1.29, 1.82) is 0 Å². The lowest BCUT2D eigenvalue weighted by Gasteiger charge is -2.27. The molecule has 0 spiro atoms. The van der Waals surface area contributed by atoms with E-state index in [4.69, 9.17) is 20.4 Å². The number of hydrogen-bond acceptors (Lipinski definition) is 7. The Morgan fingerprint density at radius 1 is 1.59 bits per heavy atom. The fraction of sp³-hybridized carbons (Fsp3) is 0.667. The van der Waals surface area contributed by atoms with Crippen LogP contribution in [0.1, 0.15) is 18.2 Å². The summed E-state index contributed by atoms with van der Waals surface area (Å²) in [6.07, 6.45) is -1.21. The molecule has 1 aromatic heterocycles. The number of aliphatic hydroxyl groups excluding tert-OH is 2. The Hall–Kier alpha value is -1.51. The highest BCUT2D eigenvalue weighted by molar-refractivity contribution is 5.79. The largest absolute Gasteiger partial charge is 0.480 e. The van der Waals surface area contributed by atoms with Crippen molar-refractivity contribution in [2.24, 2.45) is 5.73 Å². The van der Waals surface area contributed by atoms with E-state index in [-0.39, 0.29) is 18.7 Å². The summed E-state index contributed by atoms with van der Waals surface area (Å²) in [6.45, 7) is 0.761. The molecule has 96 valence electrons. The molecule has 8 heteroatoms. The van der Waals surface area contributed by atoms with Gasteiger partial charge in [0.25, 0.3) is 0 Å². The van der Waals surface area contributed by atoms with Gasteiger partial charge >= 0.3 is 5.97 Å². The van der Waals surface area contributed by atoms with Crippen molar-refractivity contribution in [3.8, 4) is 0 Å². The first-order chi connectivity index (χ1) is 7.90. The fourth-order valence-electron chi connectivity index (χ4n) is 1.27. The van der Waals surface area contributed by atoms with Gasteiger partial charge in [-0.25, -0.2) is 0 Å². The Morgan fingerprint density at radius 3 is 2.65 bits per heavy atom. The molecule has 0 radical (unpaired) electrons. The molecule has 1 rings (SSSR count). The predicted molar refractivity (Wildman–Crippen MR) is 55.0 cm³/mol. The molecule has 17 heavy (non-hydrogen) atoms. The summed E-state index contributed by atoms with van der Waals surface area (Å²) in [7, 11) is 0. The summed E-state index contributed by atoms with van der Waals surface area (Å²) in [4.78, 5) is 10.8. The Bertz CT molecular complexity index is 394. The minimum Gasteiger partial charge on any atom is -0.480 e. The summed E-state index contributed by atoms with van der Waals surface area (Å²) in [5.74, 6) is -0.796. The third-order valence-electron chi connectivity index (χ3n) is 2.45. The zero-order valence-electron chi connectivity index (χ0n) is 9.33. The van der Waals surface area contributed by atoms with Crippen LogP contribution in [0.15, 0.2) is 4.42 Å². The van der Waals surface area contributed by atoms with Crippen LogP contribution in [0.25, 0.3) is 0 Å². The highest BCUT2D eigenvalue weighted by atomic mass is 16.4. The molecule has 1 aromatic rings. The average Bonchev–Trinajstić information content (AvgIpc) is 2.70. The molecule has 5 N–H and O–H groups in total. The van der Waals surface area contributed by atoms with Crippen molar-refractivity contribution in [3.63, 3.8) is 0 Å². The molecule has 0 saturated carbocycles. The SMILES string of the molecule is Cc1nnc(CCC(O)C(N)(CO)C(=O)O)o1. The number of aromatic nitrogens is 2. The van der Waals surface area contributed by atoms with Gasteiger partial charge in [-0.2, -0.15) is 0 Å². The van der Waals surface area contributed by atoms with Crippen LogP contribution in [0.4, 0.5) is 0 Å². The van der Waals surface area contributed by atoms with Gasteiger partial charge in [-0.05, 0) is 6.42 Å². The van der Waals surface area contributed by atoms with Gasteiger partial charge < -0.3 is 25.5 Å². The first kappa shape index (κ1) is 13.6. The van der Waals surface area contributed by atoms with Gasteiger partial charge in [0.05, 0.1) is 12.7 Å². The first-order valence-electron chi connectivity index (χ1n) is 5.00. The Labute approximate surface area is 97.1 Å². The third kappa shape index (κ3) is 2.99. The number of aryl methyl sites for hydroxylation is 2. The molecular weight excluding hydrogens is 230 g/mol. The number of hydrogen-bond donors (Lipinski definition) is 4. The predicted octanol–water partition coefficient (Wildman–Crippen LogP) is -1.55. The van der Waals surface area contributed by atoms with Gasteiger partial charge in [0.15, 0.2) is 5.54 Å². The van der Waals surface area contributed by atoms with Crippen LogP contribution >= 0.6 is 0 Å². The van der Waals surface area contributed by atoms with E-state index < -0.39 is 24.2 Å². The standard InChI is InChI=1S/C9H15N3O5/c1-5-11-12-7(17-5)3-2-6(14)9(10,4-13)8(15)16/h6,13-14H,2-4,10H2,1H3,(H,15,16). The summed E-state index contributed by atoms with van der Waals surface area (Å²) in [5.41, 5.74) is 3.31. The maximum absolute atomic E-state index is 10.8. The lowest BCUT2D eigenvalue weighted by Crippen LogP contribution is -2.60. The minimum absolute atomic E-state index is 0.00495. The number of carboxylic acid groups (broad SMARTS) is 1. The number of nitrogens with two attached hydrogens (primary N) is 1. The monoisotopic (exact) mass is 245 g/mol. The number of nitrogens with zero attached hydrogens (tertiary/aromatic N) is 2. The van der Waals surface area contributed by atoms with Gasteiger partial charge in [-0.15, -0.1) is 10.2 Å². The smallest absolute Gasteiger partial charge is 0.328 e. The van der Waals surface area contributed by atoms with Crippen LogP contribution in [0, 0.1) is 6.92 Å². The normalized spacial score (nSPS) is 16.5. The number of aliphatic carboxylic acids is 1. The third-order valence-corrected chi connectivity index (χ3v) is 2.45. The van der Waals surface area contributed by atoms with Crippen molar-refractivity contribution >= 4 is 5.97 Å². The Morgan fingerprint density at radius 2 is 2.24 bits per heavy atom. The Kier molecular flexibility index (Phi) is 4.16.